The summed E-state index contributed by atoms with van der Waals surface area (Å²) in [5, 5.41) is 13.2. The maximum atomic E-state index is 13.3. The van der Waals surface area contributed by atoms with Crippen LogP contribution in [0.4, 0.5) is 5.82 Å². The van der Waals surface area contributed by atoms with Crippen molar-refractivity contribution in [3.63, 3.8) is 0 Å². The molecule has 0 radical (unpaired) electrons. The van der Waals surface area contributed by atoms with E-state index in [9.17, 15) is 9.90 Å². The molecule has 196 valence electrons. The first-order valence-electron chi connectivity index (χ1n) is 12.6. The van der Waals surface area contributed by atoms with Crippen LogP contribution in [-0.4, -0.2) is 34.1 Å². The van der Waals surface area contributed by atoms with E-state index in [4.69, 9.17) is 15.2 Å². The van der Waals surface area contributed by atoms with Crippen LogP contribution in [0.2, 0.25) is 0 Å². The fourth-order valence-corrected chi connectivity index (χ4v) is 5.29. The number of ether oxygens (including phenoxy) is 2. The van der Waals surface area contributed by atoms with Crippen LogP contribution in [-0.2, 0) is 10.3 Å². The fourth-order valence-electron chi connectivity index (χ4n) is 5.29. The third-order valence-corrected chi connectivity index (χ3v) is 7.13. The van der Waals surface area contributed by atoms with Gasteiger partial charge in [0, 0.05) is 12.1 Å². The molecule has 38 heavy (non-hydrogen) atoms. The number of nitrogens with zero attached hydrogens (tertiary/aromatic N) is 2. The van der Waals surface area contributed by atoms with Crippen molar-refractivity contribution in [2.75, 3.05) is 19.0 Å². The first kappa shape index (κ1) is 25.7. The summed E-state index contributed by atoms with van der Waals surface area (Å²) in [5.41, 5.74) is 6.52. The predicted molar refractivity (Wildman–Crippen MR) is 146 cm³/mol. The Morgan fingerprint density at radius 3 is 2.11 bits per heavy atom. The molecule has 8 nitrogen and oxygen atoms in total. The highest BCUT2D eigenvalue weighted by molar-refractivity contribution is 5.58. The number of aromatic nitrogens is 2. The van der Waals surface area contributed by atoms with E-state index in [0.717, 1.165) is 22.4 Å². The first-order chi connectivity index (χ1) is 18.4. The predicted octanol–water partition coefficient (Wildman–Crippen LogP) is 3.86. The SMILES string of the molecule is COc1ccc(C(Nc2ccn(C3O[C@](N)(CO)CC3C)c(=O)n2)(c2ccccc2)c2ccccc2)cc1. The number of methoxy groups -OCH3 is 1. The Balaban J connectivity index is 1.62. The quantitative estimate of drug-likeness (QED) is 0.308. The number of aliphatic hydroxyl groups is 1. The largest absolute Gasteiger partial charge is 0.497 e. The molecule has 0 saturated carbocycles. The van der Waals surface area contributed by atoms with E-state index >= 15 is 0 Å². The van der Waals surface area contributed by atoms with Crippen molar-refractivity contribution in [2.24, 2.45) is 11.7 Å². The minimum atomic E-state index is -1.18. The summed E-state index contributed by atoms with van der Waals surface area (Å²) in [6.45, 7) is 1.61. The summed E-state index contributed by atoms with van der Waals surface area (Å²) in [5.74, 6) is 1.08. The van der Waals surface area contributed by atoms with Crippen molar-refractivity contribution in [2.45, 2.75) is 30.8 Å². The van der Waals surface area contributed by atoms with Crippen LogP contribution in [0.5, 0.6) is 5.75 Å². The molecule has 3 atom stereocenters. The van der Waals surface area contributed by atoms with Gasteiger partial charge in [-0.2, -0.15) is 4.98 Å². The summed E-state index contributed by atoms with van der Waals surface area (Å²) in [4.78, 5) is 17.7. The molecule has 5 rings (SSSR count). The maximum absolute atomic E-state index is 13.3. The van der Waals surface area contributed by atoms with E-state index < -0.39 is 23.2 Å². The van der Waals surface area contributed by atoms with Crippen molar-refractivity contribution < 1.29 is 14.6 Å². The van der Waals surface area contributed by atoms with Crippen LogP contribution in [0, 0.1) is 5.92 Å². The first-order valence-corrected chi connectivity index (χ1v) is 12.6. The van der Waals surface area contributed by atoms with Gasteiger partial charge < -0.3 is 25.6 Å². The Kier molecular flexibility index (Phi) is 7.03. The average molecular weight is 513 g/mol. The molecule has 4 aromatic rings. The van der Waals surface area contributed by atoms with Crippen molar-refractivity contribution in [1.82, 2.24) is 9.55 Å². The monoisotopic (exact) mass is 512 g/mol. The molecule has 0 spiro atoms. The molecule has 2 unspecified atom stereocenters. The van der Waals surface area contributed by atoms with Gasteiger partial charge in [0.1, 0.15) is 29.1 Å². The second kappa shape index (κ2) is 10.4. The number of hydrogen-bond donors (Lipinski definition) is 3. The van der Waals surface area contributed by atoms with E-state index in [1.165, 1.54) is 4.57 Å². The van der Waals surface area contributed by atoms with E-state index in [2.05, 4.69) is 34.6 Å². The Bertz CT molecular complexity index is 1390. The van der Waals surface area contributed by atoms with E-state index in [1.807, 2.05) is 67.6 Å². The molecule has 1 aliphatic rings. The van der Waals surface area contributed by atoms with Gasteiger partial charge in [0.25, 0.3) is 0 Å². The summed E-state index contributed by atoms with van der Waals surface area (Å²) in [6, 6.07) is 29.7. The second-order valence-electron chi connectivity index (χ2n) is 9.75. The Morgan fingerprint density at radius 1 is 1.03 bits per heavy atom. The van der Waals surface area contributed by atoms with Gasteiger partial charge in [-0.25, -0.2) is 4.79 Å². The molecule has 1 saturated heterocycles. The molecule has 1 aromatic heterocycles. The van der Waals surface area contributed by atoms with Gasteiger partial charge in [-0.05, 0) is 41.3 Å². The molecule has 3 aromatic carbocycles. The summed E-state index contributed by atoms with van der Waals surface area (Å²) in [7, 11) is 1.64. The minimum Gasteiger partial charge on any atom is -0.497 e. The van der Waals surface area contributed by atoms with Gasteiger partial charge in [-0.1, -0.05) is 79.7 Å². The molecule has 2 heterocycles. The third-order valence-electron chi connectivity index (χ3n) is 7.13. The normalized spacial score (nSPS) is 21.3. The third kappa shape index (κ3) is 4.69. The number of hydrogen-bond acceptors (Lipinski definition) is 7. The zero-order valence-corrected chi connectivity index (χ0v) is 21.5. The van der Waals surface area contributed by atoms with Gasteiger partial charge in [0.05, 0.1) is 13.7 Å². The van der Waals surface area contributed by atoms with E-state index in [0.29, 0.717) is 12.2 Å². The number of benzene rings is 3. The highest BCUT2D eigenvalue weighted by Gasteiger charge is 2.43. The van der Waals surface area contributed by atoms with Gasteiger partial charge >= 0.3 is 5.69 Å². The van der Waals surface area contributed by atoms with Gasteiger partial charge in [-0.15, -0.1) is 0 Å². The number of nitrogens with two attached hydrogens (primary N) is 1. The lowest BCUT2D eigenvalue weighted by Crippen LogP contribution is -2.43. The van der Waals surface area contributed by atoms with Crippen LogP contribution < -0.4 is 21.5 Å². The zero-order chi connectivity index (χ0) is 26.8. The molecular formula is C30H32N4O4. The lowest BCUT2D eigenvalue weighted by Gasteiger charge is -2.37. The van der Waals surface area contributed by atoms with Crippen LogP contribution in [0.1, 0.15) is 36.3 Å². The summed E-state index contributed by atoms with van der Waals surface area (Å²) < 4.78 is 12.7. The lowest BCUT2D eigenvalue weighted by molar-refractivity contribution is -0.0998. The number of aliphatic hydroxyl groups excluding tert-OH is 1. The maximum Gasteiger partial charge on any atom is 0.351 e. The molecule has 0 amide bonds. The Hall–Kier alpha value is -3.98. The summed E-state index contributed by atoms with van der Waals surface area (Å²) >= 11 is 0. The van der Waals surface area contributed by atoms with Crippen molar-refractivity contribution >= 4 is 5.82 Å². The topological polar surface area (TPSA) is 112 Å². The standard InChI is InChI=1S/C30H32N4O4/c1-21-19-29(31,20-35)38-27(21)34-18-17-26(32-28(34)36)33-30(22-9-5-3-6-10-22,23-11-7-4-8-12-23)24-13-15-25(37-2)16-14-24/h3-18,21,27,35H,19-20,31H2,1-2H3,(H,32,33,36)/t21?,27?,29-/m0/s1. The van der Waals surface area contributed by atoms with Crippen molar-refractivity contribution in [3.05, 3.63) is 124 Å². The fraction of sp³-hybridized carbons (Fsp3) is 0.267. The zero-order valence-electron chi connectivity index (χ0n) is 21.5. The molecule has 4 N–H and O–H groups in total. The number of nitrogens with one attached hydrogen (secondary N) is 1. The van der Waals surface area contributed by atoms with Crippen molar-refractivity contribution in [3.8, 4) is 5.75 Å². The molecule has 1 aliphatic heterocycles. The van der Waals surface area contributed by atoms with Crippen LogP contribution in [0.3, 0.4) is 0 Å². The lowest BCUT2D eigenvalue weighted by atomic mass is 9.77. The van der Waals surface area contributed by atoms with Crippen LogP contribution in [0.25, 0.3) is 0 Å². The molecule has 0 bridgehead atoms. The highest BCUT2D eigenvalue weighted by Crippen LogP contribution is 2.41. The molecule has 8 heteroatoms. The Morgan fingerprint density at radius 2 is 1.61 bits per heavy atom. The number of anilines is 1. The van der Waals surface area contributed by atoms with Crippen LogP contribution in [0.15, 0.2) is 102 Å². The summed E-state index contributed by atoms with van der Waals surface area (Å²) in [6.07, 6.45) is 1.48. The smallest absolute Gasteiger partial charge is 0.351 e. The van der Waals surface area contributed by atoms with Gasteiger partial charge in [0.15, 0.2) is 0 Å². The van der Waals surface area contributed by atoms with E-state index in [-0.39, 0.29) is 12.5 Å². The molecule has 1 fully saturated rings. The second-order valence-corrected chi connectivity index (χ2v) is 9.75. The minimum absolute atomic E-state index is 0.0718. The number of rotatable bonds is 8. The molecule has 0 aliphatic carbocycles. The van der Waals surface area contributed by atoms with Gasteiger partial charge in [0.2, 0.25) is 0 Å². The van der Waals surface area contributed by atoms with Crippen molar-refractivity contribution in [1.29, 1.82) is 0 Å². The molecular weight excluding hydrogens is 480 g/mol. The van der Waals surface area contributed by atoms with E-state index in [1.54, 1.807) is 19.4 Å². The average Bonchev–Trinajstić information content (AvgIpc) is 3.27. The highest BCUT2D eigenvalue weighted by atomic mass is 16.6. The van der Waals surface area contributed by atoms with Gasteiger partial charge in [-0.3, -0.25) is 4.57 Å². The van der Waals surface area contributed by atoms with Crippen LogP contribution >= 0.6 is 0 Å². The Labute approximate surface area is 221 Å².